The molecule has 2 fully saturated rings. The lowest BCUT2D eigenvalue weighted by molar-refractivity contribution is -0.0321. The Morgan fingerprint density at radius 3 is 2.82 bits per heavy atom. The van der Waals surface area contributed by atoms with Crippen molar-refractivity contribution in [1.29, 1.82) is 0 Å². The van der Waals surface area contributed by atoms with Crippen LogP contribution >= 0.6 is 0 Å². The third-order valence-corrected chi connectivity index (χ3v) is 4.23. The molecule has 0 aromatic rings. The molecule has 3 nitrogen and oxygen atoms in total. The summed E-state index contributed by atoms with van der Waals surface area (Å²) in [4.78, 5) is 0. The Kier molecular flexibility index (Phi) is 4.45. The van der Waals surface area contributed by atoms with E-state index in [1.165, 1.54) is 25.7 Å². The summed E-state index contributed by atoms with van der Waals surface area (Å²) >= 11 is 0. The maximum absolute atomic E-state index is 6.10. The van der Waals surface area contributed by atoms with Gasteiger partial charge >= 0.3 is 0 Å². The Morgan fingerprint density at radius 2 is 2.18 bits per heavy atom. The predicted molar refractivity (Wildman–Crippen MR) is 69.2 cm³/mol. The van der Waals surface area contributed by atoms with E-state index in [4.69, 9.17) is 9.47 Å². The summed E-state index contributed by atoms with van der Waals surface area (Å²) in [5.74, 6) is 0. The van der Waals surface area contributed by atoms with Crippen LogP contribution in [0.5, 0.6) is 0 Å². The first-order valence-corrected chi connectivity index (χ1v) is 7.10. The van der Waals surface area contributed by atoms with E-state index in [1.807, 2.05) is 0 Å². The summed E-state index contributed by atoms with van der Waals surface area (Å²) in [5, 5.41) is 3.59. The van der Waals surface area contributed by atoms with Crippen LogP contribution in [0.2, 0.25) is 0 Å². The summed E-state index contributed by atoms with van der Waals surface area (Å²) in [7, 11) is 0. The predicted octanol–water partition coefficient (Wildman–Crippen LogP) is 2.35. The van der Waals surface area contributed by atoms with E-state index >= 15 is 0 Å². The third-order valence-electron chi connectivity index (χ3n) is 4.23. The van der Waals surface area contributed by atoms with Crippen LogP contribution in [0.1, 0.15) is 46.5 Å². The molecule has 0 aromatic heterocycles. The fraction of sp³-hybridized carbons (Fsp3) is 1.00. The van der Waals surface area contributed by atoms with Gasteiger partial charge in [-0.2, -0.15) is 0 Å². The van der Waals surface area contributed by atoms with Crippen molar-refractivity contribution in [3.8, 4) is 0 Å². The van der Waals surface area contributed by atoms with E-state index in [-0.39, 0.29) is 0 Å². The van der Waals surface area contributed by atoms with Crippen molar-refractivity contribution >= 4 is 0 Å². The summed E-state index contributed by atoms with van der Waals surface area (Å²) in [6.07, 6.45) is 5.51. The maximum atomic E-state index is 6.10. The minimum Gasteiger partial charge on any atom is -0.376 e. The molecular weight excluding hydrogens is 214 g/mol. The lowest BCUT2D eigenvalue weighted by Crippen LogP contribution is -2.46. The Hall–Kier alpha value is -0.120. The molecule has 0 bridgehead atoms. The summed E-state index contributed by atoms with van der Waals surface area (Å²) in [6.45, 7) is 9.58. The number of likely N-dealkylation sites (N-methyl/N-ethyl adjacent to an activating group) is 1. The smallest absolute Gasteiger partial charge is 0.0809 e. The first-order valence-electron chi connectivity index (χ1n) is 7.10. The molecule has 3 unspecified atom stereocenters. The van der Waals surface area contributed by atoms with Crippen molar-refractivity contribution in [2.45, 2.75) is 64.7 Å². The highest BCUT2D eigenvalue weighted by Crippen LogP contribution is 2.39. The molecule has 1 aliphatic carbocycles. The average molecular weight is 241 g/mol. The zero-order chi connectivity index (χ0) is 12.3. The molecule has 1 saturated heterocycles. The lowest BCUT2D eigenvalue weighted by atomic mass is 9.87. The highest BCUT2D eigenvalue weighted by molar-refractivity contribution is 4.97. The van der Waals surface area contributed by atoms with Crippen molar-refractivity contribution in [2.24, 2.45) is 5.41 Å². The average Bonchev–Trinajstić information content (AvgIpc) is 2.87. The first kappa shape index (κ1) is 13.3. The monoisotopic (exact) mass is 241 g/mol. The molecule has 1 heterocycles. The summed E-state index contributed by atoms with van der Waals surface area (Å²) in [5.41, 5.74) is 0.358. The van der Waals surface area contributed by atoms with Crippen molar-refractivity contribution in [1.82, 2.24) is 5.32 Å². The minimum absolute atomic E-state index is 0.348. The normalized spacial score (nSPS) is 36.5. The number of rotatable bonds is 5. The lowest BCUT2D eigenvalue weighted by Gasteiger charge is -2.31. The largest absolute Gasteiger partial charge is 0.376 e. The van der Waals surface area contributed by atoms with Crippen LogP contribution in [0.25, 0.3) is 0 Å². The van der Waals surface area contributed by atoms with E-state index in [2.05, 4.69) is 26.1 Å². The number of hydrogen-bond acceptors (Lipinski definition) is 3. The van der Waals surface area contributed by atoms with E-state index in [1.54, 1.807) is 0 Å². The van der Waals surface area contributed by atoms with Crippen LogP contribution in [0.3, 0.4) is 0 Å². The van der Waals surface area contributed by atoms with Gasteiger partial charge in [0.25, 0.3) is 0 Å². The Bertz CT molecular complexity index is 236. The van der Waals surface area contributed by atoms with Gasteiger partial charge in [-0.25, -0.2) is 0 Å². The van der Waals surface area contributed by atoms with Crippen LogP contribution in [0.4, 0.5) is 0 Å². The Balaban J connectivity index is 1.82. The highest BCUT2D eigenvalue weighted by Gasteiger charge is 2.42. The maximum Gasteiger partial charge on any atom is 0.0809 e. The fourth-order valence-corrected chi connectivity index (χ4v) is 3.15. The van der Waals surface area contributed by atoms with Crippen LogP contribution < -0.4 is 5.32 Å². The van der Waals surface area contributed by atoms with Crippen molar-refractivity contribution < 1.29 is 9.47 Å². The van der Waals surface area contributed by atoms with Gasteiger partial charge in [-0.3, -0.25) is 0 Å². The van der Waals surface area contributed by atoms with Crippen molar-refractivity contribution in [3.05, 3.63) is 0 Å². The quantitative estimate of drug-likeness (QED) is 0.801. The van der Waals surface area contributed by atoms with Crippen LogP contribution in [-0.4, -0.2) is 38.0 Å². The molecule has 2 aliphatic rings. The van der Waals surface area contributed by atoms with Crippen LogP contribution in [0, 0.1) is 5.41 Å². The fourth-order valence-electron chi connectivity index (χ4n) is 3.15. The summed E-state index contributed by atoms with van der Waals surface area (Å²) in [6, 6.07) is 0.494. The number of ether oxygens (including phenoxy) is 2. The molecule has 1 aliphatic heterocycles. The molecular formula is C14H27NO2. The van der Waals surface area contributed by atoms with E-state index in [9.17, 15) is 0 Å². The van der Waals surface area contributed by atoms with Gasteiger partial charge in [0.1, 0.15) is 0 Å². The molecule has 0 aromatic carbocycles. The van der Waals surface area contributed by atoms with Gasteiger partial charge in [0.2, 0.25) is 0 Å². The Morgan fingerprint density at radius 1 is 1.35 bits per heavy atom. The van der Waals surface area contributed by atoms with Gasteiger partial charge in [0.15, 0.2) is 0 Å². The number of nitrogens with one attached hydrogen (secondary N) is 1. The molecule has 100 valence electrons. The van der Waals surface area contributed by atoms with Gasteiger partial charge in [0, 0.05) is 12.6 Å². The molecule has 1 saturated carbocycles. The van der Waals surface area contributed by atoms with Crippen LogP contribution in [0.15, 0.2) is 0 Å². The van der Waals surface area contributed by atoms with E-state index < -0.39 is 0 Å². The molecule has 0 amide bonds. The molecule has 2 rings (SSSR count). The third kappa shape index (κ3) is 3.21. The highest BCUT2D eigenvalue weighted by atomic mass is 16.5. The zero-order valence-corrected chi connectivity index (χ0v) is 11.5. The van der Waals surface area contributed by atoms with Gasteiger partial charge < -0.3 is 14.8 Å². The minimum atomic E-state index is 0.348. The van der Waals surface area contributed by atoms with Gasteiger partial charge in [-0.15, -0.1) is 0 Å². The van der Waals surface area contributed by atoms with Gasteiger partial charge in [0.05, 0.1) is 18.8 Å². The van der Waals surface area contributed by atoms with Gasteiger partial charge in [-0.1, -0.05) is 20.8 Å². The van der Waals surface area contributed by atoms with E-state index in [0.29, 0.717) is 23.7 Å². The van der Waals surface area contributed by atoms with Crippen molar-refractivity contribution in [2.75, 3.05) is 19.8 Å². The molecule has 3 heteroatoms. The molecule has 0 spiro atoms. The summed E-state index contributed by atoms with van der Waals surface area (Å²) < 4.78 is 11.7. The SMILES string of the molecule is CCNC1C(OCC2CCCO2)CCC1(C)C. The van der Waals surface area contributed by atoms with Crippen molar-refractivity contribution in [3.63, 3.8) is 0 Å². The second-order valence-corrected chi connectivity index (χ2v) is 6.07. The second kappa shape index (κ2) is 5.68. The van der Waals surface area contributed by atoms with Gasteiger partial charge in [-0.05, 0) is 37.6 Å². The Labute approximate surface area is 105 Å². The first-order chi connectivity index (χ1) is 8.13. The van der Waals surface area contributed by atoms with E-state index in [0.717, 1.165) is 19.8 Å². The zero-order valence-electron chi connectivity index (χ0n) is 11.5. The second-order valence-electron chi connectivity index (χ2n) is 6.07. The van der Waals surface area contributed by atoms with Crippen LogP contribution in [-0.2, 0) is 9.47 Å². The number of hydrogen-bond donors (Lipinski definition) is 1. The molecule has 3 atom stereocenters. The molecule has 0 radical (unpaired) electrons. The topological polar surface area (TPSA) is 30.5 Å². The molecule has 17 heavy (non-hydrogen) atoms. The molecule has 1 N–H and O–H groups in total. The standard InChI is InChI=1S/C14H27NO2/c1-4-15-13-12(7-8-14(13,2)3)17-10-11-6-5-9-16-11/h11-13,15H,4-10H2,1-3H3.